The predicted octanol–water partition coefficient (Wildman–Crippen LogP) is 0.265. The Morgan fingerprint density at radius 1 is 1.38 bits per heavy atom. The molecule has 0 atom stereocenters. The van der Waals surface area contributed by atoms with Crippen molar-refractivity contribution in [2.45, 2.75) is 6.54 Å². The van der Waals surface area contributed by atoms with Crippen molar-refractivity contribution in [3.63, 3.8) is 0 Å². The van der Waals surface area contributed by atoms with Gasteiger partial charge in [0.2, 0.25) is 0 Å². The number of halogens is 1. The Balaban J connectivity index is 2.18. The second kappa shape index (κ2) is 4.70. The Morgan fingerprint density at radius 2 is 2.19 bits per heavy atom. The topological polar surface area (TPSA) is 58.3 Å². The van der Waals surface area contributed by atoms with Crippen LogP contribution < -0.4 is 5.46 Å². The molecule has 2 rings (SSSR count). The molecule has 16 heavy (non-hydrogen) atoms. The van der Waals surface area contributed by atoms with Crippen molar-refractivity contribution in [2.75, 3.05) is 0 Å². The van der Waals surface area contributed by atoms with Crippen LogP contribution >= 0.6 is 11.6 Å². The molecule has 0 saturated carbocycles. The lowest BCUT2D eigenvalue weighted by atomic mass is 9.80. The number of nitrogens with zero attached hydrogens (tertiary/aromatic N) is 2. The summed E-state index contributed by atoms with van der Waals surface area (Å²) in [4.78, 5) is 0. The van der Waals surface area contributed by atoms with Crippen LogP contribution in [0.25, 0.3) is 0 Å². The van der Waals surface area contributed by atoms with E-state index in [-0.39, 0.29) is 0 Å². The van der Waals surface area contributed by atoms with E-state index in [9.17, 15) is 0 Å². The van der Waals surface area contributed by atoms with Gasteiger partial charge in [0.1, 0.15) is 0 Å². The summed E-state index contributed by atoms with van der Waals surface area (Å²) in [6.45, 7) is 0.549. The minimum Gasteiger partial charge on any atom is -0.423 e. The van der Waals surface area contributed by atoms with E-state index in [1.54, 1.807) is 35.3 Å². The van der Waals surface area contributed by atoms with Crippen molar-refractivity contribution < 1.29 is 10.0 Å². The second-order valence-corrected chi connectivity index (χ2v) is 3.91. The van der Waals surface area contributed by atoms with Gasteiger partial charge in [0.15, 0.2) is 0 Å². The van der Waals surface area contributed by atoms with Crippen molar-refractivity contribution in [1.29, 1.82) is 0 Å². The smallest absolute Gasteiger partial charge is 0.423 e. The molecule has 1 heterocycles. The molecule has 4 nitrogen and oxygen atoms in total. The molecule has 0 bridgehead atoms. The van der Waals surface area contributed by atoms with Crippen LogP contribution in [0.3, 0.4) is 0 Å². The Kier molecular flexibility index (Phi) is 3.29. The largest absolute Gasteiger partial charge is 0.488 e. The van der Waals surface area contributed by atoms with Crippen LogP contribution in [0.4, 0.5) is 0 Å². The Hall–Kier alpha value is -1.30. The van der Waals surface area contributed by atoms with E-state index in [0.717, 1.165) is 5.56 Å². The fourth-order valence-corrected chi connectivity index (χ4v) is 1.62. The molecule has 0 radical (unpaired) electrons. The van der Waals surface area contributed by atoms with Crippen molar-refractivity contribution >= 4 is 24.2 Å². The normalized spacial score (nSPS) is 10.4. The zero-order valence-corrected chi connectivity index (χ0v) is 9.17. The van der Waals surface area contributed by atoms with Crippen molar-refractivity contribution in [1.82, 2.24) is 9.78 Å². The van der Waals surface area contributed by atoms with Gasteiger partial charge in [0, 0.05) is 6.20 Å². The molecule has 0 unspecified atom stereocenters. The summed E-state index contributed by atoms with van der Waals surface area (Å²) in [6, 6.07) is 7.04. The molecule has 2 N–H and O–H groups in total. The van der Waals surface area contributed by atoms with Crippen molar-refractivity contribution in [3.8, 4) is 0 Å². The third kappa shape index (κ3) is 2.63. The summed E-state index contributed by atoms with van der Waals surface area (Å²) >= 11 is 5.75. The lowest BCUT2D eigenvalue weighted by Crippen LogP contribution is -2.30. The molecule has 0 amide bonds. The zero-order valence-electron chi connectivity index (χ0n) is 8.42. The highest BCUT2D eigenvalue weighted by molar-refractivity contribution is 6.58. The highest BCUT2D eigenvalue weighted by Gasteiger charge is 2.10. The molecule has 0 aliphatic carbocycles. The summed E-state index contributed by atoms with van der Waals surface area (Å²) in [7, 11) is -1.44. The minimum atomic E-state index is -1.44. The molecule has 1 aromatic heterocycles. The zero-order chi connectivity index (χ0) is 11.5. The van der Waals surface area contributed by atoms with Crippen LogP contribution in [-0.2, 0) is 6.54 Å². The van der Waals surface area contributed by atoms with E-state index in [2.05, 4.69) is 5.10 Å². The van der Waals surface area contributed by atoms with E-state index >= 15 is 0 Å². The first kappa shape index (κ1) is 11.2. The number of benzene rings is 1. The maximum absolute atomic E-state index is 9.03. The third-order valence-electron chi connectivity index (χ3n) is 2.20. The highest BCUT2D eigenvalue weighted by Crippen LogP contribution is 2.07. The van der Waals surface area contributed by atoms with Crippen LogP contribution in [0.15, 0.2) is 36.7 Å². The van der Waals surface area contributed by atoms with Crippen LogP contribution in [0.2, 0.25) is 5.02 Å². The fraction of sp³-hybridized carbons (Fsp3) is 0.100. The standard InChI is InChI=1S/C10H10BClN2O2/c12-10-5-13-14(7-10)6-8-2-1-3-9(4-8)11(15)16/h1-5,7,15-16H,6H2. The maximum atomic E-state index is 9.03. The molecular weight excluding hydrogens is 226 g/mol. The van der Waals surface area contributed by atoms with Crippen molar-refractivity contribution in [2.24, 2.45) is 0 Å². The van der Waals surface area contributed by atoms with Gasteiger partial charge < -0.3 is 10.0 Å². The summed E-state index contributed by atoms with van der Waals surface area (Å²) in [5.41, 5.74) is 1.40. The van der Waals surface area contributed by atoms with E-state index in [1.807, 2.05) is 6.07 Å². The Labute approximate surface area is 98.2 Å². The summed E-state index contributed by atoms with van der Waals surface area (Å²) in [6.07, 6.45) is 3.27. The molecule has 1 aromatic carbocycles. The number of rotatable bonds is 3. The monoisotopic (exact) mass is 236 g/mol. The van der Waals surface area contributed by atoms with Gasteiger partial charge in [-0.05, 0) is 11.0 Å². The highest BCUT2D eigenvalue weighted by atomic mass is 35.5. The van der Waals surface area contributed by atoms with Gasteiger partial charge in [0.05, 0.1) is 17.8 Å². The van der Waals surface area contributed by atoms with Crippen molar-refractivity contribution in [3.05, 3.63) is 47.2 Å². The van der Waals surface area contributed by atoms with Gasteiger partial charge in [-0.15, -0.1) is 0 Å². The lowest BCUT2D eigenvalue weighted by molar-refractivity contribution is 0.425. The average Bonchev–Trinajstić information content (AvgIpc) is 2.64. The molecule has 82 valence electrons. The molecular formula is C10H10BClN2O2. The van der Waals surface area contributed by atoms with Gasteiger partial charge in [0.25, 0.3) is 0 Å². The number of aromatic nitrogens is 2. The molecule has 0 aliphatic rings. The molecule has 0 fully saturated rings. The summed E-state index contributed by atoms with van der Waals surface area (Å²) in [5, 5.41) is 22.7. The molecule has 2 aromatic rings. The first-order valence-corrected chi connectivity index (χ1v) is 5.16. The van der Waals surface area contributed by atoms with Gasteiger partial charge in [-0.25, -0.2) is 0 Å². The lowest BCUT2D eigenvalue weighted by Gasteiger charge is -2.04. The first-order chi connectivity index (χ1) is 7.65. The van der Waals surface area contributed by atoms with Gasteiger partial charge >= 0.3 is 7.12 Å². The molecule has 0 spiro atoms. The van der Waals surface area contributed by atoms with Crippen LogP contribution in [-0.4, -0.2) is 26.9 Å². The second-order valence-electron chi connectivity index (χ2n) is 3.47. The SMILES string of the molecule is OB(O)c1cccc(Cn2cc(Cl)cn2)c1. The number of hydrogen-bond donors (Lipinski definition) is 2. The van der Waals surface area contributed by atoms with E-state index in [4.69, 9.17) is 21.6 Å². The third-order valence-corrected chi connectivity index (χ3v) is 2.39. The maximum Gasteiger partial charge on any atom is 0.488 e. The van der Waals surface area contributed by atoms with E-state index in [0.29, 0.717) is 17.0 Å². The molecule has 0 aliphatic heterocycles. The number of hydrogen-bond acceptors (Lipinski definition) is 3. The van der Waals surface area contributed by atoms with E-state index in [1.165, 1.54) is 0 Å². The molecule has 6 heteroatoms. The predicted molar refractivity (Wildman–Crippen MR) is 62.6 cm³/mol. The van der Waals surface area contributed by atoms with E-state index < -0.39 is 7.12 Å². The summed E-state index contributed by atoms with van der Waals surface area (Å²) in [5.74, 6) is 0. The summed E-state index contributed by atoms with van der Waals surface area (Å²) < 4.78 is 1.69. The van der Waals surface area contributed by atoms with Crippen LogP contribution in [0.1, 0.15) is 5.56 Å². The quantitative estimate of drug-likeness (QED) is 0.752. The Morgan fingerprint density at radius 3 is 2.81 bits per heavy atom. The van der Waals surface area contributed by atoms with Gasteiger partial charge in [-0.3, -0.25) is 4.68 Å². The van der Waals surface area contributed by atoms with Crippen LogP contribution in [0, 0.1) is 0 Å². The van der Waals surface area contributed by atoms with Gasteiger partial charge in [-0.2, -0.15) is 5.10 Å². The minimum absolute atomic E-state index is 0.468. The molecule has 0 saturated heterocycles. The first-order valence-electron chi connectivity index (χ1n) is 4.78. The van der Waals surface area contributed by atoms with Gasteiger partial charge in [-0.1, -0.05) is 35.9 Å². The Bertz CT molecular complexity index is 487. The fourth-order valence-electron chi connectivity index (χ4n) is 1.46. The average molecular weight is 236 g/mol. The van der Waals surface area contributed by atoms with Crippen LogP contribution in [0.5, 0.6) is 0 Å².